The standard InChI is InChI=1S/C27H31N7O7S/c28-14-41-9-8-40-7-6-39-5-4-29-24(36)19-12-18-16(13-34(27(18)38)21-1-2-22(35)33-25(21)37)11-20(19)32-23-17-3-10-42-26(17)31-15-30-23/h3,10-12,15,21H,1-2,4-9,13-14,28H2,(H,29,36)(H,30,31,32)(H,33,35,37). The van der Waals surface area contributed by atoms with Crippen molar-refractivity contribution < 1.29 is 33.4 Å². The molecule has 0 spiro atoms. The van der Waals surface area contributed by atoms with Crippen LogP contribution >= 0.6 is 11.3 Å². The summed E-state index contributed by atoms with van der Waals surface area (Å²) in [7, 11) is 0. The fourth-order valence-corrected chi connectivity index (χ4v) is 5.51. The molecule has 0 aliphatic carbocycles. The molecule has 4 amide bonds. The normalized spacial score (nSPS) is 16.5. The van der Waals surface area contributed by atoms with Crippen LogP contribution in [0.15, 0.2) is 29.9 Å². The Morgan fingerprint density at radius 2 is 1.88 bits per heavy atom. The van der Waals surface area contributed by atoms with E-state index in [0.717, 1.165) is 10.2 Å². The fraction of sp³-hybridized carbons (Fsp3) is 0.407. The second-order valence-corrected chi connectivity index (χ2v) is 10.4. The highest BCUT2D eigenvalue weighted by atomic mass is 32.1. The maximum Gasteiger partial charge on any atom is 0.255 e. The number of carbonyl (C=O) groups is 4. The second-order valence-electron chi connectivity index (χ2n) is 9.50. The molecule has 0 saturated carbocycles. The molecule has 5 rings (SSSR count). The monoisotopic (exact) mass is 597 g/mol. The van der Waals surface area contributed by atoms with Gasteiger partial charge in [-0.15, -0.1) is 11.3 Å². The van der Waals surface area contributed by atoms with Gasteiger partial charge in [0.1, 0.15) is 23.0 Å². The summed E-state index contributed by atoms with van der Waals surface area (Å²) < 4.78 is 15.9. The smallest absolute Gasteiger partial charge is 0.255 e. The van der Waals surface area contributed by atoms with Gasteiger partial charge in [0.05, 0.1) is 56.4 Å². The Kier molecular flexibility index (Phi) is 9.66. The lowest BCUT2D eigenvalue weighted by molar-refractivity contribution is -0.136. The lowest BCUT2D eigenvalue weighted by Crippen LogP contribution is -2.52. The molecule has 4 heterocycles. The minimum Gasteiger partial charge on any atom is -0.377 e. The number of hydrogen-bond donors (Lipinski definition) is 4. The summed E-state index contributed by atoms with van der Waals surface area (Å²) in [5, 5.41) is 11.1. The molecule has 42 heavy (non-hydrogen) atoms. The highest BCUT2D eigenvalue weighted by molar-refractivity contribution is 7.16. The van der Waals surface area contributed by atoms with Crippen LogP contribution in [-0.4, -0.2) is 90.8 Å². The minimum atomic E-state index is -0.766. The van der Waals surface area contributed by atoms with E-state index in [-0.39, 0.29) is 56.6 Å². The highest BCUT2D eigenvalue weighted by Gasteiger charge is 2.39. The quantitative estimate of drug-likeness (QED) is 0.117. The van der Waals surface area contributed by atoms with E-state index in [9.17, 15) is 19.2 Å². The van der Waals surface area contributed by atoms with E-state index in [1.165, 1.54) is 28.6 Å². The molecule has 2 aliphatic rings. The van der Waals surface area contributed by atoms with Crippen molar-refractivity contribution in [1.82, 2.24) is 25.5 Å². The van der Waals surface area contributed by atoms with Crippen molar-refractivity contribution >= 4 is 56.7 Å². The van der Waals surface area contributed by atoms with Crippen LogP contribution in [0.2, 0.25) is 0 Å². The molecule has 0 bridgehead atoms. The molecule has 1 fully saturated rings. The molecule has 5 N–H and O–H groups in total. The summed E-state index contributed by atoms with van der Waals surface area (Å²) in [5.74, 6) is -1.13. The Labute approximate surface area is 244 Å². The number of ether oxygens (including phenoxy) is 3. The van der Waals surface area contributed by atoms with Gasteiger partial charge >= 0.3 is 0 Å². The topological polar surface area (TPSA) is 187 Å². The van der Waals surface area contributed by atoms with Crippen molar-refractivity contribution in [1.29, 1.82) is 0 Å². The van der Waals surface area contributed by atoms with Crippen LogP contribution in [0.3, 0.4) is 0 Å². The number of hydrogen-bond acceptors (Lipinski definition) is 12. The average Bonchev–Trinajstić information content (AvgIpc) is 3.58. The lowest BCUT2D eigenvalue weighted by Gasteiger charge is -2.29. The van der Waals surface area contributed by atoms with Gasteiger partial charge < -0.3 is 35.5 Å². The number of carbonyl (C=O) groups excluding carboxylic acids is 4. The van der Waals surface area contributed by atoms with Crippen molar-refractivity contribution in [2.24, 2.45) is 5.73 Å². The molecule has 2 aromatic heterocycles. The van der Waals surface area contributed by atoms with Gasteiger partial charge in [-0.25, -0.2) is 9.97 Å². The summed E-state index contributed by atoms with van der Waals surface area (Å²) in [6.45, 7) is 2.34. The molecule has 14 nitrogen and oxygen atoms in total. The van der Waals surface area contributed by atoms with Gasteiger partial charge in [0, 0.05) is 25.1 Å². The molecular formula is C27H31N7O7S. The van der Waals surface area contributed by atoms with Crippen LogP contribution in [0.4, 0.5) is 11.5 Å². The van der Waals surface area contributed by atoms with Crippen molar-refractivity contribution in [2.75, 3.05) is 51.6 Å². The Morgan fingerprint density at radius 1 is 1.10 bits per heavy atom. The third kappa shape index (κ3) is 6.71. The number of imide groups is 1. The largest absolute Gasteiger partial charge is 0.377 e. The number of nitrogens with zero attached hydrogens (tertiary/aromatic N) is 3. The second kappa shape index (κ2) is 13.8. The number of thiophene rings is 1. The highest BCUT2D eigenvalue weighted by Crippen LogP contribution is 2.34. The SMILES string of the molecule is NCOCCOCCOCCNC(=O)c1cc2c(cc1Nc1ncnc3sccc13)CN(C1CCC(=O)NC1=O)C2=O. The zero-order chi connectivity index (χ0) is 29.5. The fourth-order valence-electron chi connectivity index (χ4n) is 4.78. The zero-order valence-corrected chi connectivity index (χ0v) is 23.5. The van der Waals surface area contributed by atoms with E-state index in [2.05, 4.69) is 25.9 Å². The average molecular weight is 598 g/mol. The third-order valence-electron chi connectivity index (χ3n) is 6.81. The zero-order valence-electron chi connectivity index (χ0n) is 22.7. The number of piperidine rings is 1. The molecule has 1 saturated heterocycles. The van der Waals surface area contributed by atoms with Crippen molar-refractivity contribution in [2.45, 2.75) is 25.4 Å². The van der Waals surface area contributed by atoms with Gasteiger partial charge in [-0.1, -0.05) is 0 Å². The number of amides is 4. The predicted molar refractivity (Wildman–Crippen MR) is 152 cm³/mol. The van der Waals surface area contributed by atoms with Gasteiger partial charge in [0.15, 0.2) is 0 Å². The Morgan fingerprint density at radius 3 is 2.67 bits per heavy atom. The number of nitrogens with two attached hydrogens (primary N) is 1. The molecule has 1 atom stereocenters. The van der Waals surface area contributed by atoms with Crippen LogP contribution in [0.5, 0.6) is 0 Å². The Bertz CT molecular complexity index is 1480. The van der Waals surface area contributed by atoms with Crippen molar-refractivity contribution in [3.8, 4) is 0 Å². The van der Waals surface area contributed by atoms with Crippen LogP contribution in [0.1, 0.15) is 39.1 Å². The van der Waals surface area contributed by atoms with Crippen LogP contribution in [-0.2, 0) is 30.3 Å². The number of rotatable bonds is 14. The molecule has 1 aromatic carbocycles. The van der Waals surface area contributed by atoms with E-state index in [4.69, 9.17) is 19.9 Å². The van der Waals surface area contributed by atoms with E-state index >= 15 is 0 Å². The maximum atomic E-state index is 13.4. The Balaban J connectivity index is 1.30. The van der Waals surface area contributed by atoms with Crippen LogP contribution in [0, 0.1) is 0 Å². The van der Waals surface area contributed by atoms with E-state index < -0.39 is 17.9 Å². The van der Waals surface area contributed by atoms with Gasteiger partial charge in [-0.3, -0.25) is 24.5 Å². The number of benzene rings is 1. The van der Waals surface area contributed by atoms with E-state index in [1.807, 2.05) is 11.4 Å². The molecule has 3 aromatic rings. The summed E-state index contributed by atoms with van der Waals surface area (Å²) >= 11 is 1.47. The van der Waals surface area contributed by atoms with Crippen LogP contribution in [0.25, 0.3) is 10.2 Å². The van der Waals surface area contributed by atoms with Gasteiger partial charge in [0.25, 0.3) is 11.8 Å². The third-order valence-corrected chi connectivity index (χ3v) is 7.64. The molecule has 1 unspecified atom stereocenters. The Hall–Kier alpha value is -4.02. The number of aromatic nitrogens is 2. The maximum absolute atomic E-state index is 13.4. The van der Waals surface area contributed by atoms with Gasteiger partial charge in [-0.2, -0.15) is 0 Å². The first-order chi connectivity index (χ1) is 20.5. The first kappa shape index (κ1) is 29.5. The van der Waals surface area contributed by atoms with E-state index in [0.29, 0.717) is 49.1 Å². The summed E-state index contributed by atoms with van der Waals surface area (Å²) in [6, 6.07) is 4.38. The molecule has 0 radical (unpaired) electrons. The molecular weight excluding hydrogens is 566 g/mol. The number of fused-ring (bicyclic) bond motifs is 2. The predicted octanol–water partition coefficient (Wildman–Crippen LogP) is 0.892. The van der Waals surface area contributed by atoms with Crippen molar-refractivity contribution in [3.05, 3.63) is 46.6 Å². The summed E-state index contributed by atoms with van der Waals surface area (Å²) in [5.41, 5.74) is 6.91. The van der Waals surface area contributed by atoms with Crippen molar-refractivity contribution in [3.63, 3.8) is 0 Å². The minimum absolute atomic E-state index is 0.144. The number of nitrogens with one attached hydrogen (secondary N) is 3. The van der Waals surface area contributed by atoms with Gasteiger partial charge in [0.2, 0.25) is 11.8 Å². The molecule has 222 valence electrons. The lowest BCUT2D eigenvalue weighted by atomic mass is 10.0. The first-order valence-corrected chi connectivity index (χ1v) is 14.3. The van der Waals surface area contributed by atoms with Crippen LogP contribution < -0.4 is 21.7 Å². The molecule has 2 aliphatic heterocycles. The molecule has 15 heteroatoms. The first-order valence-electron chi connectivity index (χ1n) is 13.4. The van der Waals surface area contributed by atoms with E-state index in [1.54, 1.807) is 6.07 Å². The number of anilines is 2. The summed E-state index contributed by atoms with van der Waals surface area (Å²) in [4.78, 5) is 61.8. The van der Waals surface area contributed by atoms with Gasteiger partial charge in [-0.05, 0) is 35.6 Å². The summed E-state index contributed by atoms with van der Waals surface area (Å²) in [6.07, 6.45) is 1.83.